The number of rotatable bonds is 12. The molecule has 1 unspecified atom stereocenters. The maximum Gasteiger partial charge on any atom is 0.326 e. The first-order valence-electron chi connectivity index (χ1n) is 11.2. The fourth-order valence-corrected chi connectivity index (χ4v) is 6.20. The Labute approximate surface area is 221 Å². The van der Waals surface area contributed by atoms with Gasteiger partial charge < -0.3 is 19.3 Å². The number of nitrogens with one attached hydrogen (secondary N) is 1. The van der Waals surface area contributed by atoms with Gasteiger partial charge in [0.25, 0.3) is 10.0 Å². The van der Waals surface area contributed by atoms with Gasteiger partial charge in [-0.3, -0.25) is 9.52 Å². The van der Waals surface area contributed by atoms with Crippen molar-refractivity contribution in [2.24, 2.45) is 0 Å². The average Bonchev–Trinajstić information content (AvgIpc) is 2.93. The molecule has 0 bridgehead atoms. The van der Waals surface area contributed by atoms with Gasteiger partial charge in [-0.2, -0.15) is 4.31 Å². The molecule has 2 N–H and O–H groups in total. The first-order chi connectivity index (χ1) is 18.1. The summed E-state index contributed by atoms with van der Waals surface area (Å²) in [7, 11) is -4.50. The van der Waals surface area contributed by atoms with Crippen molar-refractivity contribution in [2.45, 2.75) is 22.4 Å². The number of ether oxygens (including phenoxy) is 3. The van der Waals surface area contributed by atoms with Crippen LogP contribution >= 0.6 is 0 Å². The Balaban J connectivity index is 2.03. The molecule has 0 spiro atoms. The summed E-state index contributed by atoms with van der Waals surface area (Å²) in [5, 5.41) is 9.97. The van der Waals surface area contributed by atoms with E-state index in [-0.39, 0.29) is 21.0 Å². The third-order valence-electron chi connectivity index (χ3n) is 5.62. The van der Waals surface area contributed by atoms with Gasteiger partial charge >= 0.3 is 5.97 Å². The average molecular weight is 565 g/mol. The van der Waals surface area contributed by atoms with E-state index in [4.69, 9.17) is 14.2 Å². The molecule has 0 saturated carbocycles. The summed E-state index contributed by atoms with van der Waals surface area (Å²) in [5.41, 5.74) is 0.309. The number of para-hydroxylation sites is 1. The van der Waals surface area contributed by atoms with E-state index in [9.17, 15) is 26.7 Å². The number of anilines is 1. The Morgan fingerprint density at radius 1 is 0.842 bits per heavy atom. The predicted octanol–water partition coefficient (Wildman–Crippen LogP) is 2.23. The fraction of sp³-hybridized carbons (Fsp3) is 0.240. The molecule has 204 valence electrons. The Kier molecular flexibility index (Phi) is 9.33. The normalized spacial score (nSPS) is 12.6. The van der Waals surface area contributed by atoms with Crippen LogP contribution in [0.25, 0.3) is 0 Å². The molecule has 0 radical (unpaired) electrons. The van der Waals surface area contributed by atoms with E-state index in [2.05, 4.69) is 4.72 Å². The van der Waals surface area contributed by atoms with Crippen LogP contribution in [0.5, 0.6) is 11.5 Å². The SMILES string of the molecule is COC(=O)C(CO)N(Cc1ccccc1NS(=O)(=O)c1ccc(OC)cc1)S(=O)(=O)c1ccc(OC)cc1. The highest BCUT2D eigenvalue weighted by Crippen LogP contribution is 2.28. The predicted molar refractivity (Wildman–Crippen MR) is 139 cm³/mol. The Morgan fingerprint density at radius 2 is 1.37 bits per heavy atom. The second-order valence-electron chi connectivity index (χ2n) is 7.89. The number of sulfonamides is 2. The smallest absolute Gasteiger partial charge is 0.326 e. The lowest BCUT2D eigenvalue weighted by Crippen LogP contribution is -2.47. The Morgan fingerprint density at radius 3 is 1.87 bits per heavy atom. The topological polar surface area (TPSA) is 149 Å². The van der Waals surface area contributed by atoms with Crippen LogP contribution in [-0.2, 0) is 36.1 Å². The van der Waals surface area contributed by atoms with Crippen LogP contribution in [0.15, 0.2) is 82.6 Å². The lowest BCUT2D eigenvalue weighted by atomic mass is 10.1. The van der Waals surface area contributed by atoms with Crippen LogP contribution in [0.2, 0.25) is 0 Å². The molecule has 11 nitrogen and oxygen atoms in total. The van der Waals surface area contributed by atoms with Gasteiger partial charge in [0, 0.05) is 6.54 Å². The molecular formula is C25H28N2O9S2. The molecule has 0 heterocycles. The van der Waals surface area contributed by atoms with Gasteiger partial charge in [-0.25, -0.2) is 16.8 Å². The summed E-state index contributed by atoms with van der Waals surface area (Å²) in [4.78, 5) is 12.3. The molecule has 3 aromatic rings. The summed E-state index contributed by atoms with van der Waals surface area (Å²) >= 11 is 0. The van der Waals surface area contributed by atoms with Crippen molar-refractivity contribution in [3.63, 3.8) is 0 Å². The van der Waals surface area contributed by atoms with Gasteiger partial charge in [0.1, 0.15) is 17.5 Å². The van der Waals surface area contributed by atoms with Crippen molar-refractivity contribution in [2.75, 3.05) is 32.7 Å². The van der Waals surface area contributed by atoms with Crippen molar-refractivity contribution in [3.05, 3.63) is 78.4 Å². The van der Waals surface area contributed by atoms with E-state index < -0.39 is 45.2 Å². The van der Waals surface area contributed by atoms with E-state index in [1.54, 1.807) is 12.1 Å². The zero-order chi connectivity index (χ0) is 27.9. The molecule has 0 amide bonds. The number of aliphatic hydroxyl groups is 1. The summed E-state index contributed by atoms with van der Waals surface area (Å²) in [6.07, 6.45) is 0. The molecule has 13 heteroatoms. The zero-order valence-corrected chi connectivity index (χ0v) is 22.5. The minimum atomic E-state index is -4.39. The summed E-state index contributed by atoms with van der Waals surface area (Å²) in [5.74, 6) is -0.0945. The van der Waals surface area contributed by atoms with Gasteiger partial charge in [0.2, 0.25) is 10.0 Å². The number of carbonyl (C=O) groups excluding carboxylic acids is 1. The standard InChI is InChI=1S/C25H28N2O9S2/c1-34-19-8-12-21(13-9-19)37(30,31)26-23-7-5-4-6-18(23)16-27(24(17-28)25(29)36-3)38(32,33)22-14-10-20(35-2)11-15-22/h4-15,24,26,28H,16-17H2,1-3H3. The first-order valence-corrected chi connectivity index (χ1v) is 14.1. The van der Waals surface area contributed by atoms with Gasteiger partial charge in [-0.1, -0.05) is 18.2 Å². The van der Waals surface area contributed by atoms with Crippen LogP contribution in [0, 0.1) is 0 Å². The van der Waals surface area contributed by atoms with Crippen LogP contribution < -0.4 is 14.2 Å². The van der Waals surface area contributed by atoms with Crippen LogP contribution in [0.4, 0.5) is 5.69 Å². The molecule has 3 aromatic carbocycles. The molecule has 0 aromatic heterocycles. The van der Waals surface area contributed by atoms with Gasteiger partial charge in [-0.05, 0) is 60.2 Å². The third kappa shape index (κ3) is 6.42. The van der Waals surface area contributed by atoms with Crippen molar-refractivity contribution in [1.82, 2.24) is 4.31 Å². The van der Waals surface area contributed by atoms with E-state index in [1.165, 1.54) is 74.9 Å². The Hall–Kier alpha value is -3.65. The summed E-state index contributed by atoms with van der Waals surface area (Å²) in [6, 6.07) is 15.7. The van der Waals surface area contributed by atoms with Gasteiger partial charge in [0.15, 0.2) is 0 Å². The highest BCUT2D eigenvalue weighted by molar-refractivity contribution is 7.92. The van der Waals surface area contributed by atoms with Crippen molar-refractivity contribution < 1.29 is 40.9 Å². The number of methoxy groups -OCH3 is 3. The number of carbonyl (C=O) groups is 1. The third-order valence-corrected chi connectivity index (χ3v) is 8.87. The zero-order valence-electron chi connectivity index (χ0n) is 20.9. The lowest BCUT2D eigenvalue weighted by molar-refractivity contribution is -0.146. The minimum absolute atomic E-state index is 0.0430. The molecule has 38 heavy (non-hydrogen) atoms. The van der Waals surface area contributed by atoms with Crippen LogP contribution in [0.3, 0.4) is 0 Å². The number of nitrogens with zero attached hydrogens (tertiary/aromatic N) is 1. The molecular weight excluding hydrogens is 536 g/mol. The maximum atomic E-state index is 13.7. The van der Waals surface area contributed by atoms with Crippen molar-refractivity contribution in [3.8, 4) is 11.5 Å². The van der Waals surface area contributed by atoms with E-state index >= 15 is 0 Å². The largest absolute Gasteiger partial charge is 0.497 e. The van der Waals surface area contributed by atoms with E-state index in [1.807, 2.05) is 0 Å². The Bertz CT molecular complexity index is 1460. The highest BCUT2D eigenvalue weighted by Gasteiger charge is 2.37. The number of esters is 1. The van der Waals surface area contributed by atoms with Crippen molar-refractivity contribution >= 4 is 31.7 Å². The molecule has 0 aliphatic carbocycles. The van der Waals surface area contributed by atoms with E-state index in [0.29, 0.717) is 11.5 Å². The van der Waals surface area contributed by atoms with Gasteiger partial charge in [-0.15, -0.1) is 0 Å². The number of aliphatic hydroxyl groups excluding tert-OH is 1. The number of benzene rings is 3. The number of hydrogen-bond donors (Lipinski definition) is 2. The summed E-state index contributed by atoms with van der Waals surface area (Å²) in [6.45, 7) is -1.34. The molecule has 3 rings (SSSR count). The fourth-order valence-electron chi connectivity index (χ4n) is 3.55. The molecule has 0 aliphatic heterocycles. The first kappa shape index (κ1) is 28.9. The van der Waals surface area contributed by atoms with Crippen molar-refractivity contribution in [1.29, 1.82) is 0 Å². The lowest BCUT2D eigenvalue weighted by Gasteiger charge is -2.28. The van der Waals surface area contributed by atoms with Crippen LogP contribution in [0.1, 0.15) is 5.56 Å². The molecule has 0 aliphatic rings. The minimum Gasteiger partial charge on any atom is -0.497 e. The van der Waals surface area contributed by atoms with Crippen LogP contribution in [-0.4, -0.2) is 66.2 Å². The van der Waals surface area contributed by atoms with Gasteiger partial charge in [0.05, 0.1) is 43.4 Å². The van der Waals surface area contributed by atoms with E-state index in [0.717, 1.165) is 11.4 Å². The second-order valence-corrected chi connectivity index (χ2v) is 11.5. The summed E-state index contributed by atoms with van der Waals surface area (Å²) < 4.78 is 71.5. The number of hydrogen-bond acceptors (Lipinski definition) is 9. The quantitative estimate of drug-likeness (QED) is 0.316. The highest BCUT2D eigenvalue weighted by atomic mass is 32.2. The monoisotopic (exact) mass is 564 g/mol. The maximum absolute atomic E-state index is 13.7. The molecule has 0 fully saturated rings. The second kappa shape index (κ2) is 12.3. The molecule has 1 atom stereocenters. The molecule has 0 saturated heterocycles.